The molecule has 106 valence electrons. The van der Waals surface area contributed by atoms with Crippen LogP contribution in [0.2, 0.25) is 0 Å². The zero-order valence-electron chi connectivity index (χ0n) is 11.4. The Hall–Kier alpha value is -2.47. The number of pyridine rings is 1. The average molecular weight is 299 g/mol. The van der Waals surface area contributed by atoms with E-state index in [0.29, 0.717) is 5.82 Å². The summed E-state index contributed by atoms with van der Waals surface area (Å²) in [7, 11) is 0. The number of nitrogens with one attached hydrogen (secondary N) is 1. The normalized spacial score (nSPS) is 10.7. The van der Waals surface area contributed by atoms with E-state index in [1.165, 1.54) is 4.57 Å². The van der Waals surface area contributed by atoms with Gasteiger partial charge < -0.3 is 5.32 Å². The van der Waals surface area contributed by atoms with Crippen LogP contribution in [-0.2, 0) is 11.3 Å². The number of para-hydroxylation sites is 1. The summed E-state index contributed by atoms with van der Waals surface area (Å²) in [6.07, 6.45) is 0. The van der Waals surface area contributed by atoms with Crippen molar-refractivity contribution >= 4 is 33.3 Å². The molecular formula is C15H13N3O2S. The van der Waals surface area contributed by atoms with Gasteiger partial charge in [-0.3, -0.25) is 14.2 Å². The molecule has 5 nitrogen and oxygen atoms in total. The molecule has 21 heavy (non-hydrogen) atoms. The molecule has 1 amide bonds. The third-order valence-electron chi connectivity index (χ3n) is 3.03. The van der Waals surface area contributed by atoms with E-state index in [2.05, 4.69) is 10.3 Å². The van der Waals surface area contributed by atoms with Crippen LogP contribution in [0.5, 0.6) is 0 Å². The topological polar surface area (TPSA) is 64.0 Å². The second-order valence-electron chi connectivity index (χ2n) is 4.63. The van der Waals surface area contributed by atoms with Crippen LogP contribution in [-0.4, -0.2) is 15.5 Å². The van der Waals surface area contributed by atoms with Crippen molar-refractivity contribution in [3.05, 3.63) is 57.8 Å². The Balaban J connectivity index is 1.84. The Morgan fingerprint density at radius 3 is 2.86 bits per heavy atom. The monoisotopic (exact) mass is 299 g/mol. The SMILES string of the molecule is Cc1cccc(NC(=O)Cn2c(=O)sc3ccccc32)n1. The second kappa shape index (κ2) is 5.49. The molecule has 0 saturated carbocycles. The number of rotatable bonds is 3. The maximum atomic E-state index is 12.1. The lowest BCUT2D eigenvalue weighted by Gasteiger charge is -2.06. The van der Waals surface area contributed by atoms with Gasteiger partial charge in [0.1, 0.15) is 12.4 Å². The first kappa shape index (κ1) is 13.5. The number of hydrogen-bond donors (Lipinski definition) is 1. The number of hydrogen-bond acceptors (Lipinski definition) is 4. The van der Waals surface area contributed by atoms with Gasteiger partial charge in [-0.15, -0.1) is 0 Å². The molecule has 0 unspecified atom stereocenters. The summed E-state index contributed by atoms with van der Waals surface area (Å²) in [4.78, 5) is 28.1. The minimum absolute atomic E-state index is 0.0154. The Bertz CT molecular complexity index is 866. The molecule has 0 atom stereocenters. The van der Waals surface area contributed by atoms with Crippen LogP contribution in [0.1, 0.15) is 5.69 Å². The highest BCUT2D eigenvalue weighted by Gasteiger charge is 2.11. The van der Waals surface area contributed by atoms with Crippen molar-refractivity contribution in [1.82, 2.24) is 9.55 Å². The van der Waals surface area contributed by atoms with Crippen LogP contribution in [0.3, 0.4) is 0 Å². The molecular weight excluding hydrogens is 286 g/mol. The number of carbonyl (C=O) groups is 1. The van der Waals surface area contributed by atoms with Crippen LogP contribution < -0.4 is 10.2 Å². The van der Waals surface area contributed by atoms with Gasteiger partial charge in [-0.05, 0) is 31.2 Å². The maximum Gasteiger partial charge on any atom is 0.308 e. The number of aromatic nitrogens is 2. The molecule has 2 heterocycles. The molecule has 3 aromatic rings. The lowest BCUT2D eigenvalue weighted by molar-refractivity contribution is -0.116. The molecule has 0 aliphatic carbocycles. The van der Waals surface area contributed by atoms with E-state index < -0.39 is 0 Å². The summed E-state index contributed by atoms with van der Waals surface area (Å²) in [5, 5.41) is 2.71. The first-order valence-corrected chi connectivity index (χ1v) is 7.27. The largest absolute Gasteiger partial charge is 0.309 e. The summed E-state index contributed by atoms with van der Waals surface area (Å²) < 4.78 is 2.36. The first-order valence-electron chi connectivity index (χ1n) is 6.45. The molecule has 0 fully saturated rings. The number of thiazole rings is 1. The van der Waals surface area contributed by atoms with Crippen LogP contribution >= 0.6 is 11.3 Å². The molecule has 1 N–H and O–H groups in total. The number of anilines is 1. The van der Waals surface area contributed by atoms with E-state index in [1.54, 1.807) is 6.07 Å². The highest BCUT2D eigenvalue weighted by atomic mass is 32.1. The third-order valence-corrected chi connectivity index (χ3v) is 3.99. The van der Waals surface area contributed by atoms with E-state index in [-0.39, 0.29) is 17.3 Å². The number of nitrogens with zero attached hydrogens (tertiary/aromatic N) is 2. The fourth-order valence-electron chi connectivity index (χ4n) is 2.10. The predicted octanol–water partition coefficient (Wildman–Crippen LogP) is 2.41. The van der Waals surface area contributed by atoms with Gasteiger partial charge in [0.25, 0.3) is 0 Å². The number of fused-ring (bicyclic) bond motifs is 1. The molecule has 1 aromatic carbocycles. The lowest BCUT2D eigenvalue weighted by atomic mass is 10.3. The Labute approximate surface area is 124 Å². The fraction of sp³-hybridized carbons (Fsp3) is 0.133. The van der Waals surface area contributed by atoms with Gasteiger partial charge >= 0.3 is 4.87 Å². The van der Waals surface area contributed by atoms with Crippen molar-refractivity contribution in [1.29, 1.82) is 0 Å². The predicted molar refractivity (Wildman–Crippen MR) is 83.7 cm³/mol. The van der Waals surface area contributed by atoms with Crippen molar-refractivity contribution in [3.63, 3.8) is 0 Å². The fourth-order valence-corrected chi connectivity index (χ4v) is 2.99. The zero-order chi connectivity index (χ0) is 14.8. The molecule has 6 heteroatoms. The highest BCUT2D eigenvalue weighted by molar-refractivity contribution is 7.16. The second-order valence-corrected chi connectivity index (χ2v) is 5.63. The van der Waals surface area contributed by atoms with Crippen molar-refractivity contribution in [2.45, 2.75) is 13.5 Å². The van der Waals surface area contributed by atoms with Gasteiger partial charge in [0.15, 0.2) is 0 Å². The summed E-state index contributed by atoms with van der Waals surface area (Å²) in [5.74, 6) is 0.228. The highest BCUT2D eigenvalue weighted by Crippen LogP contribution is 2.16. The first-order chi connectivity index (χ1) is 10.1. The minimum Gasteiger partial charge on any atom is -0.309 e. The summed E-state index contributed by atoms with van der Waals surface area (Å²) in [5.41, 5.74) is 1.60. The molecule has 0 radical (unpaired) electrons. The van der Waals surface area contributed by atoms with E-state index in [1.807, 2.05) is 43.3 Å². The van der Waals surface area contributed by atoms with Gasteiger partial charge in [-0.1, -0.05) is 29.5 Å². The number of amides is 1. The molecule has 0 saturated heterocycles. The van der Waals surface area contributed by atoms with Crippen molar-refractivity contribution in [2.75, 3.05) is 5.32 Å². The van der Waals surface area contributed by atoms with Crippen molar-refractivity contribution in [3.8, 4) is 0 Å². The van der Waals surface area contributed by atoms with Gasteiger partial charge in [0.05, 0.1) is 10.2 Å². The van der Waals surface area contributed by atoms with E-state index >= 15 is 0 Å². The van der Waals surface area contributed by atoms with Gasteiger partial charge in [0.2, 0.25) is 5.91 Å². The Morgan fingerprint density at radius 1 is 1.24 bits per heavy atom. The van der Waals surface area contributed by atoms with E-state index in [9.17, 15) is 9.59 Å². The molecule has 0 aliphatic heterocycles. The number of benzene rings is 1. The Morgan fingerprint density at radius 2 is 2.05 bits per heavy atom. The van der Waals surface area contributed by atoms with Crippen LogP contribution in [0.25, 0.3) is 10.2 Å². The van der Waals surface area contributed by atoms with Gasteiger partial charge in [-0.2, -0.15) is 0 Å². The summed E-state index contributed by atoms with van der Waals surface area (Å²) in [6.45, 7) is 1.84. The molecule has 0 spiro atoms. The summed E-state index contributed by atoms with van der Waals surface area (Å²) in [6, 6.07) is 12.8. The molecule has 0 bridgehead atoms. The molecule has 2 aromatic heterocycles. The maximum absolute atomic E-state index is 12.1. The summed E-state index contributed by atoms with van der Waals surface area (Å²) >= 11 is 1.14. The van der Waals surface area contributed by atoms with Crippen molar-refractivity contribution in [2.24, 2.45) is 0 Å². The number of carbonyl (C=O) groups excluding carboxylic acids is 1. The smallest absolute Gasteiger partial charge is 0.308 e. The van der Waals surface area contributed by atoms with Crippen LogP contribution in [0.15, 0.2) is 47.3 Å². The lowest BCUT2D eigenvalue weighted by Crippen LogP contribution is -2.24. The van der Waals surface area contributed by atoms with Crippen LogP contribution in [0.4, 0.5) is 5.82 Å². The van der Waals surface area contributed by atoms with E-state index in [4.69, 9.17) is 0 Å². The van der Waals surface area contributed by atoms with E-state index in [0.717, 1.165) is 27.2 Å². The number of aryl methyl sites for hydroxylation is 1. The zero-order valence-corrected chi connectivity index (χ0v) is 12.2. The third kappa shape index (κ3) is 2.85. The standard InChI is InChI=1S/C15H13N3O2S/c1-10-5-4-8-13(16-10)17-14(19)9-18-11-6-2-3-7-12(11)21-15(18)20/h2-8H,9H2,1H3,(H,16,17,19). The van der Waals surface area contributed by atoms with Crippen LogP contribution in [0, 0.1) is 6.92 Å². The Kier molecular flexibility index (Phi) is 3.53. The molecule has 3 rings (SSSR count). The average Bonchev–Trinajstić information content (AvgIpc) is 2.75. The quantitative estimate of drug-likeness (QED) is 0.807. The van der Waals surface area contributed by atoms with Crippen molar-refractivity contribution < 1.29 is 4.79 Å². The van der Waals surface area contributed by atoms with Gasteiger partial charge in [0, 0.05) is 5.69 Å². The minimum atomic E-state index is -0.265. The molecule has 0 aliphatic rings. The van der Waals surface area contributed by atoms with Gasteiger partial charge in [-0.25, -0.2) is 4.98 Å².